The zero-order chi connectivity index (χ0) is 16.0. The third kappa shape index (κ3) is 3.44. The SMILES string of the molecule is FC(F)(F)c1cc(C(F)(F)F)n(-c2cc(Cl)cc(Cl)c2)n1. The summed E-state index contributed by atoms with van der Waals surface area (Å²) in [5, 5.41) is 2.89. The lowest BCUT2D eigenvalue weighted by Gasteiger charge is -2.10. The van der Waals surface area contributed by atoms with Crippen molar-refractivity contribution < 1.29 is 26.3 Å². The fourth-order valence-corrected chi connectivity index (χ4v) is 2.09. The molecule has 0 spiro atoms. The van der Waals surface area contributed by atoms with E-state index in [4.69, 9.17) is 23.2 Å². The summed E-state index contributed by atoms with van der Waals surface area (Å²) in [5.74, 6) is 0. The van der Waals surface area contributed by atoms with Crippen molar-refractivity contribution >= 4 is 23.2 Å². The van der Waals surface area contributed by atoms with Crippen molar-refractivity contribution in [3.63, 3.8) is 0 Å². The first-order valence-electron chi connectivity index (χ1n) is 5.19. The Morgan fingerprint density at radius 2 is 1.33 bits per heavy atom. The molecule has 1 aromatic carbocycles. The molecule has 1 heterocycles. The molecule has 2 aromatic rings. The van der Waals surface area contributed by atoms with Crippen LogP contribution in [0.1, 0.15) is 11.4 Å². The van der Waals surface area contributed by atoms with Gasteiger partial charge < -0.3 is 0 Å². The summed E-state index contributed by atoms with van der Waals surface area (Å²) >= 11 is 11.3. The van der Waals surface area contributed by atoms with Gasteiger partial charge in [0.05, 0.1) is 5.69 Å². The van der Waals surface area contributed by atoms with E-state index in [-0.39, 0.29) is 26.5 Å². The average Bonchev–Trinajstić information content (AvgIpc) is 2.70. The van der Waals surface area contributed by atoms with Crippen molar-refractivity contribution in [3.8, 4) is 5.69 Å². The Labute approximate surface area is 123 Å². The summed E-state index contributed by atoms with van der Waals surface area (Å²) < 4.78 is 76.3. The molecule has 0 bridgehead atoms. The molecule has 0 unspecified atom stereocenters. The van der Waals surface area contributed by atoms with Crippen LogP contribution in [0.3, 0.4) is 0 Å². The van der Waals surface area contributed by atoms with Crippen molar-refractivity contribution in [2.75, 3.05) is 0 Å². The molecule has 2 rings (SSSR count). The summed E-state index contributed by atoms with van der Waals surface area (Å²) in [6.45, 7) is 0. The number of rotatable bonds is 1. The molecule has 0 aliphatic carbocycles. The highest BCUT2D eigenvalue weighted by atomic mass is 35.5. The van der Waals surface area contributed by atoms with Crippen LogP contribution in [0.5, 0.6) is 0 Å². The van der Waals surface area contributed by atoms with E-state index < -0.39 is 23.7 Å². The first-order valence-corrected chi connectivity index (χ1v) is 5.95. The fraction of sp³-hybridized carbons (Fsp3) is 0.182. The Morgan fingerprint density at radius 3 is 1.76 bits per heavy atom. The molecule has 0 atom stereocenters. The second kappa shape index (κ2) is 5.10. The molecular formula is C11H4Cl2F6N2. The van der Waals surface area contributed by atoms with Gasteiger partial charge >= 0.3 is 12.4 Å². The number of nitrogens with zero attached hydrogens (tertiary/aromatic N) is 2. The minimum absolute atomic E-state index is 0.0327. The van der Waals surface area contributed by atoms with Crippen LogP contribution in [0.2, 0.25) is 10.0 Å². The molecule has 2 nitrogen and oxygen atoms in total. The van der Waals surface area contributed by atoms with Gasteiger partial charge in [-0.1, -0.05) is 23.2 Å². The maximum Gasteiger partial charge on any atom is 0.435 e. The van der Waals surface area contributed by atoms with Crippen LogP contribution < -0.4 is 0 Å². The van der Waals surface area contributed by atoms with Crippen LogP contribution >= 0.6 is 23.2 Å². The second-order valence-electron chi connectivity index (χ2n) is 3.95. The van der Waals surface area contributed by atoms with Gasteiger partial charge in [-0.05, 0) is 18.2 Å². The van der Waals surface area contributed by atoms with E-state index in [1.54, 1.807) is 0 Å². The number of benzene rings is 1. The van der Waals surface area contributed by atoms with Gasteiger partial charge in [0.2, 0.25) is 0 Å². The lowest BCUT2D eigenvalue weighted by molar-refractivity contribution is -0.143. The third-order valence-electron chi connectivity index (χ3n) is 2.38. The highest BCUT2D eigenvalue weighted by Gasteiger charge is 2.42. The number of alkyl halides is 6. The topological polar surface area (TPSA) is 17.8 Å². The quantitative estimate of drug-likeness (QED) is 0.646. The normalized spacial score (nSPS) is 12.8. The smallest absolute Gasteiger partial charge is 0.228 e. The van der Waals surface area contributed by atoms with Crippen molar-refractivity contribution in [1.29, 1.82) is 0 Å². The summed E-state index contributed by atoms with van der Waals surface area (Å²) in [4.78, 5) is 0. The van der Waals surface area contributed by atoms with Crippen LogP contribution in [-0.4, -0.2) is 9.78 Å². The van der Waals surface area contributed by atoms with Gasteiger partial charge in [-0.3, -0.25) is 0 Å². The van der Waals surface area contributed by atoms with Crippen molar-refractivity contribution in [1.82, 2.24) is 9.78 Å². The van der Waals surface area contributed by atoms with E-state index >= 15 is 0 Å². The molecule has 0 aliphatic heterocycles. The van der Waals surface area contributed by atoms with Gasteiger partial charge in [0, 0.05) is 16.1 Å². The maximum absolute atomic E-state index is 12.8. The van der Waals surface area contributed by atoms with Gasteiger partial charge in [0.1, 0.15) is 5.69 Å². The molecule has 114 valence electrons. The van der Waals surface area contributed by atoms with Crippen LogP contribution in [0.4, 0.5) is 26.3 Å². The fourth-order valence-electron chi connectivity index (χ4n) is 1.58. The summed E-state index contributed by atoms with van der Waals surface area (Å²) in [5.41, 5.74) is -3.56. The molecule has 21 heavy (non-hydrogen) atoms. The van der Waals surface area contributed by atoms with E-state index in [9.17, 15) is 26.3 Å². The van der Waals surface area contributed by atoms with Crippen molar-refractivity contribution in [2.24, 2.45) is 0 Å². The number of halogens is 8. The molecule has 0 N–H and O–H groups in total. The first kappa shape index (κ1) is 16.0. The lowest BCUT2D eigenvalue weighted by atomic mass is 10.3. The molecule has 0 radical (unpaired) electrons. The minimum Gasteiger partial charge on any atom is -0.228 e. The number of hydrogen-bond acceptors (Lipinski definition) is 1. The Morgan fingerprint density at radius 1 is 0.810 bits per heavy atom. The van der Waals surface area contributed by atoms with Crippen LogP contribution in [0, 0.1) is 0 Å². The zero-order valence-corrected chi connectivity index (χ0v) is 11.2. The predicted octanol–water partition coefficient (Wildman–Crippen LogP) is 5.22. The van der Waals surface area contributed by atoms with E-state index in [0.717, 1.165) is 12.1 Å². The third-order valence-corrected chi connectivity index (χ3v) is 2.82. The Bertz CT molecular complexity index is 654. The van der Waals surface area contributed by atoms with Gasteiger partial charge in [-0.2, -0.15) is 31.4 Å². The lowest BCUT2D eigenvalue weighted by Crippen LogP contribution is -2.13. The largest absolute Gasteiger partial charge is 0.435 e. The summed E-state index contributed by atoms with van der Waals surface area (Å²) in [6.07, 6.45) is -10.0. The van der Waals surface area contributed by atoms with Crippen LogP contribution in [-0.2, 0) is 12.4 Å². The van der Waals surface area contributed by atoms with Crippen LogP contribution in [0.15, 0.2) is 24.3 Å². The highest BCUT2D eigenvalue weighted by molar-refractivity contribution is 6.34. The van der Waals surface area contributed by atoms with Gasteiger partial charge in [0.25, 0.3) is 0 Å². The molecule has 1 aromatic heterocycles. The van der Waals surface area contributed by atoms with Gasteiger partial charge in [-0.25, -0.2) is 4.68 Å². The first-order chi connectivity index (χ1) is 9.48. The minimum atomic E-state index is -5.02. The molecule has 0 fully saturated rings. The van der Waals surface area contributed by atoms with E-state index in [1.807, 2.05) is 0 Å². The molecule has 0 saturated heterocycles. The van der Waals surface area contributed by atoms with E-state index in [2.05, 4.69) is 5.10 Å². The van der Waals surface area contributed by atoms with Crippen molar-refractivity contribution in [2.45, 2.75) is 12.4 Å². The number of aromatic nitrogens is 2. The summed E-state index contributed by atoms with van der Waals surface area (Å²) in [6, 6.07) is 3.20. The Kier molecular flexibility index (Phi) is 3.88. The molecular weight excluding hydrogens is 345 g/mol. The molecule has 0 saturated carbocycles. The second-order valence-corrected chi connectivity index (χ2v) is 4.82. The highest BCUT2D eigenvalue weighted by Crippen LogP contribution is 2.37. The molecule has 0 amide bonds. The molecule has 0 aliphatic rings. The van der Waals surface area contributed by atoms with E-state index in [1.165, 1.54) is 6.07 Å². The van der Waals surface area contributed by atoms with E-state index in [0.29, 0.717) is 0 Å². The zero-order valence-electron chi connectivity index (χ0n) is 9.73. The number of hydrogen-bond donors (Lipinski definition) is 0. The Balaban J connectivity index is 2.69. The Hall–Kier alpha value is -1.41. The van der Waals surface area contributed by atoms with Crippen molar-refractivity contribution in [3.05, 3.63) is 45.7 Å². The molecule has 10 heteroatoms. The van der Waals surface area contributed by atoms with Gasteiger partial charge in [0.15, 0.2) is 5.69 Å². The average molecular weight is 349 g/mol. The van der Waals surface area contributed by atoms with Crippen LogP contribution in [0.25, 0.3) is 5.69 Å². The maximum atomic E-state index is 12.8. The summed E-state index contributed by atoms with van der Waals surface area (Å²) in [7, 11) is 0. The monoisotopic (exact) mass is 348 g/mol. The predicted molar refractivity (Wildman–Crippen MR) is 63.6 cm³/mol. The standard InChI is InChI=1S/C11H4Cl2F6N2/c12-5-1-6(13)3-7(2-5)21-9(11(17,18)19)4-8(20-21)10(14,15)16/h1-4H. The van der Waals surface area contributed by atoms with Gasteiger partial charge in [-0.15, -0.1) is 0 Å².